The highest BCUT2D eigenvalue weighted by Gasteiger charge is 2.33. The van der Waals surface area contributed by atoms with E-state index in [9.17, 15) is 18.0 Å². The third kappa shape index (κ3) is 3.73. The third-order valence-corrected chi connectivity index (χ3v) is 6.32. The molecule has 1 atom stereocenters. The SMILES string of the molecule is Cn1c(CC(=O)NC2CCOCC2)c2n(c1=S)CC(c1c(F)ccc(F)c1F)C2. The lowest BCUT2D eigenvalue weighted by Gasteiger charge is -2.23. The quantitative estimate of drug-likeness (QED) is 0.605. The van der Waals surface area contributed by atoms with Crippen molar-refractivity contribution in [2.75, 3.05) is 13.2 Å². The van der Waals surface area contributed by atoms with Gasteiger partial charge in [0, 0.05) is 55.7 Å². The summed E-state index contributed by atoms with van der Waals surface area (Å²) in [5.41, 5.74) is 1.23. The monoisotopic (exact) mass is 425 g/mol. The van der Waals surface area contributed by atoms with Crippen molar-refractivity contribution in [1.82, 2.24) is 14.5 Å². The van der Waals surface area contributed by atoms with Gasteiger partial charge in [-0.05, 0) is 43.6 Å². The van der Waals surface area contributed by atoms with E-state index in [0.717, 1.165) is 36.4 Å². The van der Waals surface area contributed by atoms with Gasteiger partial charge in [0.15, 0.2) is 16.4 Å². The molecule has 1 unspecified atom stereocenters. The number of rotatable bonds is 4. The molecule has 1 amide bonds. The highest BCUT2D eigenvalue weighted by molar-refractivity contribution is 7.71. The molecular weight excluding hydrogens is 403 g/mol. The van der Waals surface area contributed by atoms with Crippen LogP contribution < -0.4 is 5.32 Å². The number of carbonyl (C=O) groups excluding carboxylic acids is 1. The normalized spacial score (nSPS) is 19.4. The molecule has 156 valence electrons. The first-order valence-electron chi connectivity index (χ1n) is 9.64. The van der Waals surface area contributed by atoms with Gasteiger partial charge in [-0.1, -0.05) is 0 Å². The molecule has 2 aliphatic heterocycles. The standard InChI is InChI=1S/C20H22F3N3O2S/c1-25-15(9-17(27)24-12-4-6-28-7-5-12)16-8-11(10-26(16)20(25)29)18-13(21)2-3-14(22)19(18)23/h2-3,11-12H,4-10H2,1H3,(H,24,27). The fraction of sp³-hybridized carbons (Fsp3) is 0.500. The van der Waals surface area contributed by atoms with Crippen LogP contribution in [0.1, 0.15) is 35.7 Å². The molecule has 2 aliphatic rings. The Hall–Kier alpha value is -2.13. The van der Waals surface area contributed by atoms with Gasteiger partial charge in [-0.2, -0.15) is 0 Å². The fourth-order valence-electron chi connectivity index (χ4n) is 4.30. The van der Waals surface area contributed by atoms with E-state index in [1.807, 2.05) is 0 Å². The lowest BCUT2D eigenvalue weighted by Crippen LogP contribution is -2.40. The number of amides is 1. The van der Waals surface area contributed by atoms with E-state index in [0.29, 0.717) is 24.4 Å². The summed E-state index contributed by atoms with van der Waals surface area (Å²) in [5.74, 6) is -3.69. The Morgan fingerprint density at radius 2 is 1.93 bits per heavy atom. The highest BCUT2D eigenvalue weighted by atomic mass is 32.1. The molecule has 1 N–H and O–H groups in total. The van der Waals surface area contributed by atoms with Crippen LogP contribution in [0.4, 0.5) is 13.2 Å². The predicted octanol–water partition coefficient (Wildman–Crippen LogP) is 3.15. The van der Waals surface area contributed by atoms with Gasteiger partial charge >= 0.3 is 0 Å². The maximum absolute atomic E-state index is 14.3. The molecule has 1 fully saturated rings. The highest BCUT2D eigenvalue weighted by Crippen LogP contribution is 2.36. The average Bonchev–Trinajstić information content (AvgIpc) is 3.21. The van der Waals surface area contributed by atoms with E-state index in [2.05, 4.69) is 5.32 Å². The molecule has 0 aliphatic carbocycles. The zero-order chi connectivity index (χ0) is 20.7. The van der Waals surface area contributed by atoms with Gasteiger partial charge < -0.3 is 19.2 Å². The van der Waals surface area contributed by atoms with Crippen molar-refractivity contribution >= 4 is 18.1 Å². The van der Waals surface area contributed by atoms with Gasteiger partial charge in [0.2, 0.25) is 5.91 Å². The zero-order valence-electron chi connectivity index (χ0n) is 16.0. The number of imidazole rings is 1. The minimum atomic E-state index is -1.16. The predicted molar refractivity (Wildman–Crippen MR) is 103 cm³/mol. The summed E-state index contributed by atoms with van der Waals surface area (Å²) in [6.45, 7) is 1.51. The van der Waals surface area contributed by atoms with Gasteiger partial charge in [0.1, 0.15) is 5.82 Å². The summed E-state index contributed by atoms with van der Waals surface area (Å²) in [5, 5.41) is 3.02. The molecular formula is C20H22F3N3O2S. The van der Waals surface area contributed by atoms with Crippen molar-refractivity contribution < 1.29 is 22.7 Å². The number of carbonyl (C=O) groups is 1. The van der Waals surface area contributed by atoms with E-state index in [-0.39, 0.29) is 30.5 Å². The van der Waals surface area contributed by atoms with Crippen LogP contribution in [-0.4, -0.2) is 34.3 Å². The second kappa shape index (κ2) is 7.95. The number of hydrogen-bond donors (Lipinski definition) is 1. The number of ether oxygens (including phenoxy) is 1. The largest absolute Gasteiger partial charge is 0.381 e. The van der Waals surface area contributed by atoms with E-state index < -0.39 is 23.4 Å². The topological polar surface area (TPSA) is 48.2 Å². The molecule has 1 aromatic heterocycles. The van der Waals surface area contributed by atoms with Crippen molar-refractivity contribution in [3.8, 4) is 0 Å². The maximum atomic E-state index is 14.3. The summed E-state index contributed by atoms with van der Waals surface area (Å²) in [7, 11) is 1.78. The number of aromatic nitrogens is 2. The number of fused-ring (bicyclic) bond motifs is 1. The lowest BCUT2D eigenvalue weighted by molar-refractivity contribution is -0.121. The molecule has 0 radical (unpaired) electrons. The Kier molecular flexibility index (Phi) is 5.52. The van der Waals surface area contributed by atoms with Gasteiger partial charge in [0.25, 0.3) is 0 Å². The minimum absolute atomic E-state index is 0.0865. The summed E-state index contributed by atoms with van der Waals surface area (Å²) in [6, 6.07) is 1.81. The van der Waals surface area contributed by atoms with E-state index in [1.165, 1.54) is 0 Å². The van der Waals surface area contributed by atoms with Gasteiger partial charge in [-0.3, -0.25) is 4.79 Å². The molecule has 29 heavy (non-hydrogen) atoms. The molecule has 0 bridgehead atoms. The van der Waals surface area contributed by atoms with E-state index >= 15 is 0 Å². The Bertz CT molecular complexity index is 1010. The second-order valence-corrected chi connectivity index (χ2v) is 8.00. The van der Waals surface area contributed by atoms with Crippen LogP contribution >= 0.6 is 12.2 Å². The summed E-state index contributed by atoms with van der Waals surface area (Å²) >= 11 is 5.47. The van der Waals surface area contributed by atoms with Gasteiger partial charge in [-0.15, -0.1) is 0 Å². The molecule has 1 aromatic carbocycles. The van der Waals surface area contributed by atoms with Gasteiger partial charge in [0.05, 0.1) is 6.42 Å². The van der Waals surface area contributed by atoms with E-state index in [1.54, 1.807) is 16.2 Å². The number of hydrogen-bond acceptors (Lipinski definition) is 3. The summed E-state index contributed by atoms with van der Waals surface area (Å²) in [4.78, 5) is 12.6. The van der Waals surface area contributed by atoms with Crippen molar-refractivity contribution in [2.45, 2.75) is 44.2 Å². The first-order chi connectivity index (χ1) is 13.9. The lowest BCUT2D eigenvalue weighted by atomic mass is 9.95. The molecule has 2 aromatic rings. The van der Waals surface area contributed by atoms with Crippen LogP contribution in [0.15, 0.2) is 12.1 Å². The van der Waals surface area contributed by atoms with Crippen molar-refractivity contribution in [3.63, 3.8) is 0 Å². The first kappa shape index (κ1) is 20.2. The number of benzene rings is 1. The van der Waals surface area contributed by atoms with Crippen LogP contribution in [0.25, 0.3) is 0 Å². The number of nitrogens with one attached hydrogen (secondary N) is 1. The fourth-order valence-corrected chi connectivity index (χ4v) is 4.59. The molecule has 4 rings (SSSR count). The maximum Gasteiger partial charge on any atom is 0.226 e. The molecule has 0 saturated carbocycles. The van der Waals surface area contributed by atoms with Crippen LogP contribution in [0.2, 0.25) is 0 Å². The Balaban J connectivity index is 1.57. The van der Waals surface area contributed by atoms with Crippen LogP contribution in [0.5, 0.6) is 0 Å². The van der Waals surface area contributed by atoms with E-state index in [4.69, 9.17) is 17.0 Å². The molecule has 0 spiro atoms. The van der Waals surface area contributed by atoms with Crippen LogP contribution in [0, 0.1) is 22.2 Å². The summed E-state index contributed by atoms with van der Waals surface area (Å²) < 4.78 is 51.5. The summed E-state index contributed by atoms with van der Waals surface area (Å²) in [6.07, 6.45) is 1.97. The Labute approximate surface area is 171 Å². The minimum Gasteiger partial charge on any atom is -0.381 e. The van der Waals surface area contributed by atoms with Crippen molar-refractivity contribution in [1.29, 1.82) is 0 Å². The number of nitrogens with zero attached hydrogens (tertiary/aromatic N) is 2. The van der Waals surface area contributed by atoms with Gasteiger partial charge in [-0.25, -0.2) is 13.2 Å². The van der Waals surface area contributed by atoms with Crippen molar-refractivity contribution in [3.05, 3.63) is 51.3 Å². The van der Waals surface area contributed by atoms with Crippen molar-refractivity contribution in [2.24, 2.45) is 7.05 Å². The number of halogens is 3. The van der Waals surface area contributed by atoms with Crippen LogP contribution in [-0.2, 0) is 36.0 Å². The molecule has 1 saturated heterocycles. The molecule has 3 heterocycles. The Morgan fingerprint density at radius 1 is 1.24 bits per heavy atom. The first-order valence-corrected chi connectivity index (χ1v) is 10.1. The molecule has 9 heteroatoms. The molecule has 5 nitrogen and oxygen atoms in total. The smallest absolute Gasteiger partial charge is 0.226 e. The second-order valence-electron chi connectivity index (χ2n) is 7.63. The zero-order valence-corrected chi connectivity index (χ0v) is 16.8. The Morgan fingerprint density at radius 3 is 2.66 bits per heavy atom. The van der Waals surface area contributed by atoms with Crippen LogP contribution in [0.3, 0.4) is 0 Å². The third-order valence-electron chi connectivity index (χ3n) is 5.83. The average molecular weight is 425 g/mol.